The summed E-state index contributed by atoms with van der Waals surface area (Å²) in [6.07, 6.45) is 0.575. The van der Waals surface area contributed by atoms with Crippen LogP contribution in [-0.2, 0) is 6.42 Å². The first-order valence-electron chi connectivity index (χ1n) is 9.60. The molecule has 1 aromatic heterocycles. The number of methoxy groups -OCH3 is 1. The number of hydrogen-bond acceptors (Lipinski definition) is 5. The van der Waals surface area contributed by atoms with Crippen LogP contribution in [0, 0.1) is 0 Å². The first-order valence-corrected chi connectivity index (χ1v) is 9.60. The lowest BCUT2D eigenvalue weighted by molar-refractivity contribution is 0.415. The molecule has 0 spiro atoms. The minimum absolute atomic E-state index is 0.275. The average molecular weight is 394 g/mol. The molecule has 0 N–H and O–H groups in total. The van der Waals surface area contributed by atoms with E-state index in [1.165, 1.54) is 4.68 Å². The molecule has 4 aromatic rings. The van der Waals surface area contributed by atoms with Gasteiger partial charge in [-0.25, -0.2) is 0 Å². The van der Waals surface area contributed by atoms with Gasteiger partial charge in [-0.3, -0.25) is 4.79 Å². The van der Waals surface area contributed by atoms with Gasteiger partial charge in [0.15, 0.2) is 11.5 Å². The van der Waals surface area contributed by atoms with Gasteiger partial charge in [0.05, 0.1) is 12.8 Å². The zero-order valence-electron chi connectivity index (χ0n) is 16.3. The molecular weight excluding hydrogens is 376 g/mol. The Labute approximate surface area is 173 Å². The van der Waals surface area contributed by atoms with Crippen LogP contribution < -0.4 is 10.3 Å². The van der Waals surface area contributed by atoms with Gasteiger partial charge in [0, 0.05) is 17.5 Å². The highest BCUT2D eigenvalue weighted by Gasteiger charge is 2.22. The van der Waals surface area contributed by atoms with E-state index >= 15 is 0 Å². The molecule has 0 unspecified atom stereocenters. The predicted octanol–water partition coefficient (Wildman–Crippen LogP) is 3.79. The molecule has 1 aliphatic heterocycles. The van der Waals surface area contributed by atoms with E-state index < -0.39 is 0 Å². The molecule has 0 atom stereocenters. The van der Waals surface area contributed by atoms with Gasteiger partial charge in [0.1, 0.15) is 5.75 Å². The third-order valence-electron chi connectivity index (χ3n) is 5.15. The molecule has 0 aliphatic carbocycles. The lowest BCUT2D eigenvalue weighted by atomic mass is 9.98. The van der Waals surface area contributed by atoms with Gasteiger partial charge in [-0.2, -0.15) is 9.78 Å². The monoisotopic (exact) mass is 394 g/mol. The summed E-state index contributed by atoms with van der Waals surface area (Å²) in [5, 5.41) is 13.4. The third kappa shape index (κ3) is 3.08. The molecule has 3 aromatic carbocycles. The molecule has 30 heavy (non-hydrogen) atoms. The molecule has 1 aliphatic rings. The van der Waals surface area contributed by atoms with Crippen molar-refractivity contribution in [2.75, 3.05) is 7.11 Å². The molecule has 0 fully saturated rings. The Balaban J connectivity index is 1.75. The van der Waals surface area contributed by atoms with Crippen molar-refractivity contribution in [2.45, 2.75) is 6.42 Å². The molecular formula is C24H18N4O2. The van der Waals surface area contributed by atoms with Crippen LogP contribution in [0.1, 0.15) is 11.1 Å². The fourth-order valence-corrected chi connectivity index (χ4v) is 3.59. The van der Waals surface area contributed by atoms with Crippen LogP contribution in [-0.4, -0.2) is 27.7 Å². The summed E-state index contributed by atoms with van der Waals surface area (Å²) in [6.45, 7) is 0. The topological polar surface area (TPSA) is 69.4 Å². The maximum absolute atomic E-state index is 13.4. The minimum Gasteiger partial charge on any atom is -0.497 e. The van der Waals surface area contributed by atoms with Crippen LogP contribution in [0.2, 0.25) is 0 Å². The van der Waals surface area contributed by atoms with E-state index in [0.29, 0.717) is 17.8 Å². The first-order chi connectivity index (χ1) is 14.7. The van der Waals surface area contributed by atoms with Crippen molar-refractivity contribution in [2.24, 2.45) is 5.10 Å². The van der Waals surface area contributed by atoms with E-state index in [-0.39, 0.29) is 11.3 Å². The fourth-order valence-electron chi connectivity index (χ4n) is 3.59. The number of rotatable bonds is 3. The zero-order chi connectivity index (χ0) is 20.5. The van der Waals surface area contributed by atoms with E-state index in [1.54, 1.807) is 7.11 Å². The smallest absolute Gasteiger partial charge is 0.301 e. The van der Waals surface area contributed by atoms with E-state index in [4.69, 9.17) is 9.84 Å². The Morgan fingerprint density at radius 3 is 2.33 bits per heavy atom. The van der Waals surface area contributed by atoms with Crippen LogP contribution in [0.25, 0.3) is 22.6 Å². The molecule has 0 saturated carbocycles. The summed E-state index contributed by atoms with van der Waals surface area (Å²) < 4.78 is 6.64. The van der Waals surface area contributed by atoms with Gasteiger partial charge < -0.3 is 4.74 Å². The van der Waals surface area contributed by atoms with E-state index in [2.05, 4.69) is 10.2 Å². The number of nitrogens with zero attached hydrogens (tertiary/aromatic N) is 4. The fraction of sp³-hybridized carbons (Fsp3) is 0.0833. The SMILES string of the molecule is COc1ccc(C2=Nn3c(nnc(-c4ccccc4)c3=O)-c3ccccc3C2)cc1. The summed E-state index contributed by atoms with van der Waals surface area (Å²) >= 11 is 0. The first kappa shape index (κ1) is 18.0. The average Bonchev–Trinajstić information content (AvgIpc) is 2.98. The normalized spacial score (nSPS) is 12.4. The molecule has 0 radical (unpaired) electrons. The lowest BCUT2D eigenvalue weighted by Crippen LogP contribution is -2.24. The molecule has 6 nitrogen and oxygen atoms in total. The summed E-state index contributed by atoms with van der Waals surface area (Å²) in [5.74, 6) is 1.21. The predicted molar refractivity (Wildman–Crippen MR) is 116 cm³/mol. The van der Waals surface area contributed by atoms with Gasteiger partial charge in [0.25, 0.3) is 0 Å². The van der Waals surface area contributed by atoms with Crippen LogP contribution in [0.15, 0.2) is 88.8 Å². The Morgan fingerprint density at radius 1 is 0.833 bits per heavy atom. The van der Waals surface area contributed by atoms with Gasteiger partial charge in [-0.15, -0.1) is 10.2 Å². The summed E-state index contributed by atoms with van der Waals surface area (Å²) in [7, 11) is 1.63. The molecule has 0 amide bonds. The van der Waals surface area contributed by atoms with Gasteiger partial charge >= 0.3 is 5.56 Å². The van der Waals surface area contributed by atoms with Crippen LogP contribution in [0.4, 0.5) is 0 Å². The molecule has 146 valence electrons. The van der Waals surface area contributed by atoms with Crippen molar-refractivity contribution < 1.29 is 4.74 Å². The van der Waals surface area contributed by atoms with Crippen molar-refractivity contribution >= 4 is 5.71 Å². The quantitative estimate of drug-likeness (QED) is 0.530. The number of benzene rings is 3. The number of hydrogen-bond donors (Lipinski definition) is 0. The summed E-state index contributed by atoms with van der Waals surface area (Å²) in [5.41, 5.74) is 4.28. The van der Waals surface area contributed by atoms with Crippen molar-refractivity contribution in [3.63, 3.8) is 0 Å². The Bertz CT molecular complexity index is 1310. The highest BCUT2D eigenvalue weighted by molar-refractivity contribution is 6.03. The van der Waals surface area contributed by atoms with E-state index in [9.17, 15) is 4.79 Å². The Hall–Kier alpha value is -4.06. The zero-order valence-corrected chi connectivity index (χ0v) is 16.3. The van der Waals surface area contributed by atoms with Crippen molar-refractivity contribution in [1.82, 2.24) is 14.9 Å². The van der Waals surface area contributed by atoms with E-state index in [0.717, 1.165) is 28.2 Å². The van der Waals surface area contributed by atoms with Crippen LogP contribution in [0.3, 0.4) is 0 Å². The highest BCUT2D eigenvalue weighted by Crippen LogP contribution is 2.27. The second-order valence-electron chi connectivity index (χ2n) is 6.96. The standard InChI is InChI=1S/C24H18N4O2/c1-30-19-13-11-16(12-14-19)21-15-18-9-5-6-10-20(18)23-26-25-22(24(29)28(23)27-21)17-7-3-2-4-8-17/h2-14H,15H2,1H3. The molecule has 5 rings (SSSR count). The molecule has 0 saturated heterocycles. The van der Waals surface area contributed by atoms with Crippen molar-refractivity contribution in [3.8, 4) is 28.4 Å². The van der Waals surface area contributed by atoms with Gasteiger partial charge in [-0.1, -0.05) is 54.6 Å². The summed E-state index contributed by atoms with van der Waals surface area (Å²) in [4.78, 5) is 13.4. The second-order valence-corrected chi connectivity index (χ2v) is 6.96. The Kier molecular flexibility index (Phi) is 4.44. The number of ether oxygens (including phenoxy) is 1. The van der Waals surface area contributed by atoms with Crippen LogP contribution in [0.5, 0.6) is 5.75 Å². The highest BCUT2D eigenvalue weighted by atomic mass is 16.5. The van der Waals surface area contributed by atoms with Crippen molar-refractivity contribution in [3.05, 3.63) is 100 Å². The van der Waals surface area contributed by atoms with Gasteiger partial charge in [-0.05, 0) is 35.4 Å². The third-order valence-corrected chi connectivity index (χ3v) is 5.15. The van der Waals surface area contributed by atoms with Gasteiger partial charge in [0.2, 0.25) is 0 Å². The lowest BCUT2D eigenvalue weighted by Gasteiger charge is -2.08. The minimum atomic E-state index is -0.297. The largest absolute Gasteiger partial charge is 0.497 e. The van der Waals surface area contributed by atoms with Crippen LogP contribution >= 0.6 is 0 Å². The van der Waals surface area contributed by atoms with E-state index in [1.807, 2.05) is 78.9 Å². The molecule has 0 bridgehead atoms. The second kappa shape index (κ2) is 7.40. The number of fused-ring (bicyclic) bond motifs is 3. The maximum Gasteiger partial charge on any atom is 0.301 e. The maximum atomic E-state index is 13.4. The number of aromatic nitrogens is 3. The Morgan fingerprint density at radius 2 is 1.57 bits per heavy atom. The summed E-state index contributed by atoms with van der Waals surface area (Å²) in [6, 6.07) is 24.9. The van der Waals surface area contributed by atoms with Crippen molar-refractivity contribution in [1.29, 1.82) is 0 Å². The molecule has 2 heterocycles. The molecule has 6 heteroatoms.